The van der Waals surface area contributed by atoms with Gasteiger partial charge in [0, 0.05) is 35.5 Å². The minimum absolute atomic E-state index is 0.0900. The van der Waals surface area contributed by atoms with Crippen LogP contribution < -0.4 is 18.9 Å². The van der Waals surface area contributed by atoms with Crippen LogP contribution >= 0.6 is 0 Å². The predicted molar refractivity (Wildman–Crippen MR) is 168 cm³/mol. The zero-order chi connectivity index (χ0) is 32.0. The van der Waals surface area contributed by atoms with Gasteiger partial charge in [0.05, 0.1) is 36.3 Å². The third-order valence-corrected chi connectivity index (χ3v) is 14.7. The van der Waals surface area contributed by atoms with E-state index in [2.05, 4.69) is 36.0 Å². The fourth-order valence-corrected chi connectivity index (χ4v) is 12.8. The number of rotatable bonds is 2. The van der Waals surface area contributed by atoms with E-state index in [0.29, 0.717) is 67.3 Å². The molecule has 1 saturated carbocycles. The van der Waals surface area contributed by atoms with Crippen LogP contribution in [0.4, 0.5) is 0 Å². The maximum atomic E-state index is 13.2. The summed E-state index contributed by atoms with van der Waals surface area (Å²) in [5, 5.41) is 39.3. The van der Waals surface area contributed by atoms with E-state index in [1.165, 1.54) is 5.56 Å². The predicted octanol–water partition coefficient (Wildman–Crippen LogP) is 2.17. The Labute approximate surface area is 273 Å². The second-order valence-corrected chi connectivity index (χ2v) is 16.1. The first kappa shape index (κ1) is 27.9. The first-order chi connectivity index (χ1) is 22.6. The molecule has 2 saturated heterocycles. The molecule has 0 radical (unpaired) electrons. The maximum absolute atomic E-state index is 13.2. The number of likely N-dealkylation sites (N-methyl/N-ethyl adjacent to an activating group) is 2. The highest BCUT2D eigenvalue weighted by atomic mass is 16.7. The van der Waals surface area contributed by atoms with Crippen LogP contribution in [-0.2, 0) is 28.4 Å². The Morgan fingerprint density at radius 1 is 0.766 bits per heavy atom. The number of hydrogen-bond donors (Lipinski definition) is 3. The normalized spacial score (nSPS) is 45.9. The first-order valence-corrected chi connectivity index (χ1v) is 17.3. The van der Waals surface area contributed by atoms with Crippen molar-refractivity contribution in [3.8, 4) is 23.0 Å². The van der Waals surface area contributed by atoms with Crippen molar-refractivity contribution < 1.29 is 39.0 Å². The lowest BCUT2D eigenvalue weighted by molar-refractivity contribution is -0.342. The van der Waals surface area contributed by atoms with Crippen molar-refractivity contribution in [2.45, 2.75) is 97.1 Å². The highest BCUT2D eigenvalue weighted by molar-refractivity contribution is 5.66. The molecule has 2 spiro atoms. The van der Waals surface area contributed by atoms with E-state index >= 15 is 0 Å². The fraction of sp³-hybridized carbons (Fsp3) is 0.622. The third kappa shape index (κ3) is 2.68. The summed E-state index contributed by atoms with van der Waals surface area (Å²) in [6.45, 7) is 1.58. The van der Waals surface area contributed by atoms with Crippen LogP contribution in [0.1, 0.15) is 54.4 Å². The zero-order valence-corrected chi connectivity index (χ0v) is 27.3. The Morgan fingerprint density at radius 3 is 2.02 bits per heavy atom. The van der Waals surface area contributed by atoms with Crippen molar-refractivity contribution in [2.24, 2.45) is 5.92 Å². The molecule has 10 nitrogen and oxygen atoms in total. The van der Waals surface area contributed by atoms with Gasteiger partial charge in [0.2, 0.25) is 5.79 Å². The van der Waals surface area contributed by atoms with E-state index in [1.54, 1.807) is 14.2 Å². The molecule has 3 fully saturated rings. The molecule has 10 atom stereocenters. The van der Waals surface area contributed by atoms with Gasteiger partial charge in [-0.3, -0.25) is 0 Å². The van der Waals surface area contributed by atoms with E-state index in [9.17, 15) is 15.3 Å². The number of benzene rings is 2. The largest absolute Gasteiger partial charge is 0.493 e. The molecule has 10 heteroatoms. The SMILES string of the molecule is COc1ccc2c3c1O[C@H]1C4=C(C[C@H]5C[C@@]6(O)[C@H]7Cc8ccc(OC)c9c8[C@@]6(CCN7C)[C@@H](O9)[C@]5(O)O4)C[C@@]4(O)[C@H](C2)N(C)CC[C@]314. The third-order valence-electron chi connectivity index (χ3n) is 14.7. The quantitative estimate of drug-likeness (QED) is 0.451. The summed E-state index contributed by atoms with van der Waals surface area (Å²) in [5.74, 6) is 1.000. The molecular weight excluding hydrogens is 600 g/mol. The maximum Gasteiger partial charge on any atom is 0.249 e. The van der Waals surface area contributed by atoms with Gasteiger partial charge in [0.1, 0.15) is 5.76 Å². The Kier molecular flexibility index (Phi) is 4.88. The lowest BCUT2D eigenvalue weighted by Crippen LogP contribution is -2.82. The number of nitrogens with zero attached hydrogens (tertiary/aromatic N) is 2. The number of likely N-dealkylation sites (tertiary alicyclic amines) is 2. The summed E-state index contributed by atoms with van der Waals surface area (Å²) >= 11 is 0. The topological polar surface area (TPSA) is 113 Å². The van der Waals surface area contributed by atoms with Gasteiger partial charge in [-0.05, 0) is 94.5 Å². The number of aliphatic hydroxyl groups is 3. The fourth-order valence-electron chi connectivity index (χ4n) is 12.8. The van der Waals surface area contributed by atoms with Crippen LogP contribution in [0.5, 0.6) is 23.0 Å². The van der Waals surface area contributed by atoms with E-state index in [0.717, 1.165) is 41.8 Å². The van der Waals surface area contributed by atoms with Crippen LogP contribution in [0.3, 0.4) is 0 Å². The summed E-state index contributed by atoms with van der Waals surface area (Å²) in [4.78, 5) is 4.59. The first-order valence-electron chi connectivity index (χ1n) is 17.3. The average molecular weight is 643 g/mol. The Bertz CT molecular complexity index is 1850. The van der Waals surface area contributed by atoms with Crippen LogP contribution in [0.25, 0.3) is 0 Å². The number of hydrogen-bond acceptors (Lipinski definition) is 10. The molecule has 0 aromatic heterocycles. The molecule has 47 heavy (non-hydrogen) atoms. The Morgan fingerprint density at radius 2 is 1.36 bits per heavy atom. The minimum atomic E-state index is -1.74. The number of methoxy groups -OCH3 is 2. The average Bonchev–Trinajstić information content (AvgIpc) is 3.59. The van der Waals surface area contributed by atoms with Crippen molar-refractivity contribution in [2.75, 3.05) is 41.4 Å². The highest BCUT2D eigenvalue weighted by Gasteiger charge is 2.81. The molecule has 248 valence electrons. The van der Waals surface area contributed by atoms with Gasteiger partial charge in [-0.25, -0.2) is 0 Å². The van der Waals surface area contributed by atoms with Crippen molar-refractivity contribution in [3.05, 3.63) is 57.9 Å². The summed E-state index contributed by atoms with van der Waals surface area (Å²) in [6.07, 6.45) is 2.55. The molecule has 0 unspecified atom stereocenters. The molecule has 2 aromatic rings. The molecule has 4 aliphatic carbocycles. The highest BCUT2D eigenvalue weighted by Crippen LogP contribution is 2.72. The molecule has 3 N–H and O–H groups in total. The van der Waals surface area contributed by atoms with Gasteiger partial charge in [0.15, 0.2) is 35.2 Å². The van der Waals surface area contributed by atoms with Crippen LogP contribution in [0.2, 0.25) is 0 Å². The van der Waals surface area contributed by atoms with Crippen molar-refractivity contribution >= 4 is 0 Å². The molecule has 4 bridgehead atoms. The summed E-state index contributed by atoms with van der Waals surface area (Å²) < 4.78 is 32.6. The molecule has 0 amide bonds. The Hall–Kier alpha value is -3.02. The second-order valence-electron chi connectivity index (χ2n) is 16.1. The van der Waals surface area contributed by atoms with Crippen molar-refractivity contribution in [1.82, 2.24) is 9.80 Å². The lowest BCUT2D eigenvalue weighted by Gasteiger charge is -2.68. The summed E-state index contributed by atoms with van der Waals surface area (Å²) in [5.41, 5.74) is 1.46. The van der Waals surface area contributed by atoms with Crippen molar-refractivity contribution in [1.29, 1.82) is 0 Å². The number of ether oxygens (including phenoxy) is 5. The summed E-state index contributed by atoms with van der Waals surface area (Å²) in [6, 6.07) is 7.93. The molecule has 5 aliphatic heterocycles. The van der Waals surface area contributed by atoms with E-state index in [1.807, 2.05) is 12.1 Å². The molecular formula is C37H42N2O8. The molecule has 9 aliphatic rings. The Balaban J connectivity index is 1.11. The van der Waals surface area contributed by atoms with E-state index in [4.69, 9.17) is 23.7 Å². The van der Waals surface area contributed by atoms with Gasteiger partial charge in [-0.15, -0.1) is 0 Å². The number of piperidine rings is 2. The van der Waals surface area contributed by atoms with Gasteiger partial charge in [-0.1, -0.05) is 12.1 Å². The molecule has 2 aromatic carbocycles. The standard InChI is InChI=1S/C37H42N2O8/c1-38-11-9-33-26-18-5-7-22(43-3)29(26)45-31(33)28-20(16-35(33,40)24(38)14-18)13-21-17-36(41)25-15-19-6-8-23(44-4)30-27(19)34(36,10-12-39(25)2)32(46-30)37(21,42)47-28/h5-8,21,24-25,31-32,40-42H,9-17H2,1-4H3/t21-,24-,25+,31-,32+,33-,34-,35+,36+,37+/m0/s1. The smallest absolute Gasteiger partial charge is 0.249 e. The van der Waals surface area contributed by atoms with Gasteiger partial charge < -0.3 is 48.8 Å². The second kappa shape index (κ2) is 8.22. The van der Waals surface area contributed by atoms with Gasteiger partial charge in [0.25, 0.3) is 0 Å². The lowest BCUT2D eigenvalue weighted by atomic mass is 9.45. The minimum Gasteiger partial charge on any atom is -0.493 e. The zero-order valence-electron chi connectivity index (χ0n) is 27.3. The van der Waals surface area contributed by atoms with Crippen LogP contribution in [0, 0.1) is 5.92 Å². The van der Waals surface area contributed by atoms with Crippen molar-refractivity contribution in [3.63, 3.8) is 0 Å². The van der Waals surface area contributed by atoms with E-state index < -0.39 is 45.9 Å². The molecule has 11 rings (SSSR count). The monoisotopic (exact) mass is 642 g/mol. The van der Waals surface area contributed by atoms with Gasteiger partial charge >= 0.3 is 0 Å². The van der Waals surface area contributed by atoms with Gasteiger partial charge in [-0.2, -0.15) is 0 Å². The van der Waals surface area contributed by atoms with Crippen LogP contribution in [0.15, 0.2) is 35.6 Å². The van der Waals surface area contributed by atoms with E-state index in [-0.39, 0.29) is 12.1 Å². The van der Waals surface area contributed by atoms with Crippen LogP contribution in [-0.4, -0.2) is 108 Å². The summed E-state index contributed by atoms with van der Waals surface area (Å²) in [7, 11) is 7.50. The molecule has 5 heterocycles. The number of fused-ring (bicyclic) bond motifs is 3.